The van der Waals surface area contributed by atoms with E-state index in [2.05, 4.69) is 19.8 Å². The molecule has 0 amide bonds. The number of rotatable bonds is 5. The van der Waals surface area contributed by atoms with Gasteiger partial charge in [0, 0.05) is 23.2 Å². The largest absolute Gasteiger partial charge is 0.400 e. The number of hydrogen-bond donors (Lipinski definition) is 1. The van der Waals surface area contributed by atoms with Crippen molar-refractivity contribution in [2.24, 2.45) is 0 Å². The number of anilines is 1. The van der Waals surface area contributed by atoms with Crippen LogP contribution >= 0.6 is 18.9 Å². The summed E-state index contributed by atoms with van der Waals surface area (Å²) >= 11 is 4.86. The van der Waals surface area contributed by atoms with Crippen LogP contribution in [0.2, 0.25) is 0 Å². The van der Waals surface area contributed by atoms with Crippen molar-refractivity contribution >= 4 is 29.9 Å². The summed E-state index contributed by atoms with van der Waals surface area (Å²) in [4.78, 5) is 3.58. The van der Waals surface area contributed by atoms with E-state index in [1.165, 1.54) is 0 Å². The molecule has 0 saturated heterocycles. The topological polar surface area (TPSA) is 68.0 Å². The third-order valence-corrected chi connectivity index (χ3v) is 5.81. The summed E-state index contributed by atoms with van der Waals surface area (Å²) in [6, 6.07) is 14.0. The van der Waals surface area contributed by atoms with E-state index < -0.39 is 18.6 Å². The van der Waals surface area contributed by atoms with Gasteiger partial charge in [-0.1, -0.05) is 35.0 Å². The van der Waals surface area contributed by atoms with Crippen LogP contribution in [-0.2, 0) is 9.95 Å². The SMILES string of the molecule is Cc1ccc(NP(C)(=O)c2ccc(-c3noc(C(F)(F)Cl)n3)cc2)cc1. The third kappa shape index (κ3) is 4.11. The predicted molar refractivity (Wildman–Crippen MR) is 97.4 cm³/mol. The molecular formula is C17H15ClF2N3O2P. The average molecular weight is 398 g/mol. The number of alkyl halides is 3. The molecule has 1 heterocycles. The zero-order chi connectivity index (χ0) is 18.9. The van der Waals surface area contributed by atoms with Crippen LogP contribution in [0.15, 0.2) is 53.1 Å². The van der Waals surface area contributed by atoms with E-state index in [0.717, 1.165) is 11.3 Å². The minimum absolute atomic E-state index is 0.0238. The molecule has 0 radical (unpaired) electrons. The number of aromatic nitrogens is 2. The Kier molecular flexibility index (Phi) is 4.86. The summed E-state index contributed by atoms with van der Waals surface area (Å²) in [7, 11) is -2.87. The van der Waals surface area contributed by atoms with Crippen molar-refractivity contribution in [3.05, 3.63) is 60.0 Å². The van der Waals surface area contributed by atoms with Gasteiger partial charge in [-0.2, -0.15) is 13.8 Å². The van der Waals surface area contributed by atoms with E-state index in [4.69, 9.17) is 11.6 Å². The number of nitrogens with zero attached hydrogens (tertiary/aromatic N) is 2. The first-order chi connectivity index (χ1) is 12.1. The normalized spacial score (nSPS) is 14.0. The molecule has 0 aliphatic heterocycles. The van der Waals surface area contributed by atoms with Crippen LogP contribution in [0, 0.1) is 6.92 Å². The van der Waals surface area contributed by atoms with E-state index in [0.29, 0.717) is 10.9 Å². The number of halogens is 3. The molecule has 9 heteroatoms. The highest BCUT2D eigenvalue weighted by Gasteiger charge is 2.35. The molecule has 0 spiro atoms. The standard InChI is InChI=1S/C17H15ClF2N3O2P/c1-11-3-7-13(8-4-11)23-26(2,24)14-9-5-12(6-10-14)15-21-16(25-22-15)17(18,19)20/h3-10H,1-2H3,(H,23,24). The van der Waals surface area contributed by atoms with Gasteiger partial charge in [-0.15, -0.1) is 0 Å². The smallest absolute Gasteiger partial charge is 0.333 e. The van der Waals surface area contributed by atoms with Crippen LogP contribution in [0.3, 0.4) is 0 Å². The van der Waals surface area contributed by atoms with Crippen LogP contribution in [-0.4, -0.2) is 16.8 Å². The fraction of sp³-hybridized carbons (Fsp3) is 0.176. The van der Waals surface area contributed by atoms with Gasteiger partial charge in [-0.05, 0) is 42.8 Å². The number of hydrogen-bond acceptors (Lipinski definition) is 4. The molecular weight excluding hydrogens is 383 g/mol. The molecule has 0 fully saturated rings. The van der Waals surface area contributed by atoms with Crippen LogP contribution in [0.4, 0.5) is 14.5 Å². The number of aryl methyl sites for hydroxylation is 1. The van der Waals surface area contributed by atoms with Gasteiger partial charge in [0.05, 0.1) is 0 Å². The van der Waals surface area contributed by atoms with Crippen LogP contribution in [0.25, 0.3) is 11.4 Å². The van der Waals surface area contributed by atoms with Gasteiger partial charge in [0.15, 0.2) is 7.29 Å². The molecule has 26 heavy (non-hydrogen) atoms. The van der Waals surface area contributed by atoms with E-state index in [1.807, 2.05) is 31.2 Å². The van der Waals surface area contributed by atoms with Crippen molar-refractivity contribution < 1.29 is 17.9 Å². The first kappa shape index (κ1) is 18.5. The highest BCUT2D eigenvalue weighted by Crippen LogP contribution is 2.40. The molecule has 0 aliphatic carbocycles. The Balaban J connectivity index is 1.81. The molecule has 1 aromatic heterocycles. The lowest BCUT2D eigenvalue weighted by Crippen LogP contribution is -2.10. The van der Waals surface area contributed by atoms with Crippen molar-refractivity contribution in [3.63, 3.8) is 0 Å². The predicted octanol–water partition coefficient (Wildman–Crippen LogP) is 4.98. The zero-order valence-corrected chi connectivity index (χ0v) is 15.6. The molecule has 136 valence electrons. The van der Waals surface area contributed by atoms with Crippen molar-refractivity contribution in [3.8, 4) is 11.4 Å². The quantitative estimate of drug-likeness (QED) is 0.486. The molecule has 3 rings (SSSR count). The minimum Gasteiger partial charge on any atom is -0.333 e. The van der Waals surface area contributed by atoms with Gasteiger partial charge in [0.1, 0.15) is 0 Å². The molecule has 1 unspecified atom stereocenters. The third-order valence-electron chi connectivity index (χ3n) is 3.68. The van der Waals surface area contributed by atoms with Gasteiger partial charge >= 0.3 is 11.3 Å². The van der Waals surface area contributed by atoms with Crippen molar-refractivity contribution in [2.75, 3.05) is 11.8 Å². The summed E-state index contributed by atoms with van der Waals surface area (Å²) in [6.45, 7) is 3.58. The van der Waals surface area contributed by atoms with E-state index in [-0.39, 0.29) is 5.82 Å². The van der Waals surface area contributed by atoms with Gasteiger partial charge in [0.25, 0.3) is 0 Å². The summed E-state index contributed by atoms with van der Waals surface area (Å²) in [5.41, 5.74) is 2.30. The molecule has 0 aliphatic rings. The summed E-state index contributed by atoms with van der Waals surface area (Å²) in [6.07, 6.45) is 0. The molecule has 3 aromatic rings. The van der Waals surface area contributed by atoms with Gasteiger partial charge in [-0.3, -0.25) is 4.57 Å². The Labute approximate surface area is 153 Å². The fourth-order valence-electron chi connectivity index (χ4n) is 2.29. The van der Waals surface area contributed by atoms with E-state index in [1.54, 1.807) is 30.9 Å². The second kappa shape index (κ2) is 6.82. The Morgan fingerprint density at radius 1 is 1.12 bits per heavy atom. The molecule has 1 atom stereocenters. The van der Waals surface area contributed by atoms with Gasteiger partial charge < -0.3 is 9.61 Å². The minimum atomic E-state index is -3.72. The second-order valence-corrected chi connectivity index (χ2v) is 8.93. The van der Waals surface area contributed by atoms with Crippen LogP contribution < -0.4 is 10.4 Å². The lowest BCUT2D eigenvalue weighted by atomic mass is 10.2. The Morgan fingerprint density at radius 3 is 2.27 bits per heavy atom. The van der Waals surface area contributed by atoms with E-state index >= 15 is 0 Å². The molecule has 0 bridgehead atoms. The summed E-state index contributed by atoms with van der Waals surface area (Å²) < 4.78 is 43.4. The van der Waals surface area contributed by atoms with Gasteiger partial charge in [0.2, 0.25) is 5.82 Å². The lowest BCUT2D eigenvalue weighted by molar-refractivity contribution is 0.0551. The number of nitrogens with one attached hydrogen (secondary N) is 1. The Morgan fingerprint density at radius 2 is 1.73 bits per heavy atom. The number of benzene rings is 2. The maximum absolute atomic E-state index is 13.0. The van der Waals surface area contributed by atoms with Crippen molar-refractivity contribution in [2.45, 2.75) is 12.3 Å². The Bertz CT molecular complexity index is 953. The van der Waals surface area contributed by atoms with Crippen molar-refractivity contribution in [1.29, 1.82) is 0 Å². The highest BCUT2D eigenvalue weighted by atomic mass is 35.5. The monoisotopic (exact) mass is 397 g/mol. The van der Waals surface area contributed by atoms with E-state index in [9.17, 15) is 13.3 Å². The Hall–Kier alpha value is -2.24. The molecule has 2 aromatic carbocycles. The lowest BCUT2D eigenvalue weighted by Gasteiger charge is -2.17. The first-order valence-corrected chi connectivity index (χ1v) is 10.1. The van der Waals surface area contributed by atoms with Crippen molar-refractivity contribution in [1.82, 2.24) is 10.1 Å². The molecule has 1 N–H and O–H groups in total. The first-order valence-electron chi connectivity index (χ1n) is 7.59. The summed E-state index contributed by atoms with van der Waals surface area (Å²) in [5.74, 6) is -0.996. The highest BCUT2D eigenvalue weighted by molar-refractivity contribution is 7.72. The van der Waals surface area contributed by atoms with Crippen LogP contribution in [0.1, 0.15) is 11.5 Å². The maximum atomic E-state index is 13.0. The van der Waals surface area contributed by atoms with Crippen LogP contribution in [0.5, 0.6) is 0 Å². The van der Waals surface area contributed by atoms with Gasteiger partial charge in [-0.25, -0.2) is 0 Å². The zero-order valence-electron chi connectivity index (χ0n) is 13.9. The molecule has 5 nitrogen and oxygen atoms in total. The molecule has 0 saturated carbocycles. The average Bonchev–Trinajstić information content (AvgIpc) is 3.07. The second-order valence-electron chi connectivity index (χ2n) is 5.87. The summed E-state index contributed by atoms with van der Waals surface area (Å²) in [5, 5.41) is 3.38. The maximum Gasteiger partial charge on any atom is 0.400 e. The fourth-order valence-corrected chi connectivity index (χ4v) is 3.86.